The number of likely N-dealkylation sites (N-methyl/N-ethyl adjacent to an activating group) is 1. The van der Waals surface area contributed by atoms with E-state index in [2.05, 4.69) is 17.0 Å². The molecule has 43 heavy (non-hydrogen) atoms. The molecule has 0 aromatic heterocycles. The molecule has 10 nitrogen and oxygen atoms in total. The number of hydrogen-bond donors (Lipinski definition) is 5. The van der Waals surface area contributed by atoms with Crippen molar-refractivity contribution in [3.8, 4) is 16.9 Å². The van der Waals surface area contributed by atoms with Crippen molar-refractivity contribution in [2.24, 2.45) is 17.6 Å². The zero-order valence-electron chi connectivity index (χ0n) is 24.3. The van der Waals surface area contributed by atoms with Crippen LogP contribution in [0.4, 0.5) is 0 Å². The van der Waals surface area contributed by atoms with Crippen LogP contribution < -0.4 is 5.73 Å². The molecule has 226 valence electrons. The number of phenols is 1. The van der Waals surface area contributed by atoms with E-state index in [0.717, 1.165) is 36.3 Å². The lowest BCUT2D eigenvalue weighted by Crippen LogP contribution is -2.65. The molecule has 0 spiro atoms. The lowest BCUT2D eigenvalue weighted by molar-refractivity contribution is -0.153. The van der Waals surface area contributed by atoms with Gasteiger partial charge >= 0.3 is 0 Å². The summed E-state index contributed by atoms with van der Waals surface area (Å²) in [6.45, 7) is 2.95. The molecule has 10 heteroatoms. The summed E-state index contributed by atoms with van der Waals surface area (Å²) in [5.41, 5.74) is 5.37. The maximum absolute atomic E-state index is 14.1. The summed E-state index contributed by atoms with van der Waals surface area (Å²) in [6.07, 6.45) is 3.92. The van der Waals surface area contributed by atoms with Crippen LogP contribution in [0, 0.1) is 11.8 Å². The fourth-order valence-electron chi connectivity index (χ4n) is 7.73. The first kappa shape index (κ1) is 29.1. The summed E-state index contributed by atoms with van der Waals surface area (Å²) in [7, 11) is 3.17. The van der Waals surface area contributed by atoms with E-state index in [1.54, 1.807) is 20.2 Å². The van der Waals surface area contributed by atoms with Gasteiger partial charge in [-0.3, -0.25) is 24.2 Å². The maximum Gasteiger partial charge on any atom is 0.255 e. The molecule has 2 unspecified atom stereocenters. The quantitative estimate of drug-likeness (QED) is 0.331. The Morgan fingerprint density at radius 1 is 1.07 bits per heavy atom. The highest BCUT2D eigenvalue weighted by atomic mass is 16.3. The zero-order valence-corrected chi connectivity index (χ0v) is 24.3. The van der Waals surface area contributed by atoms with E-state index in [0.29, 0.717) is 5.56 Å². The molecule has 6 rings (SSSR count). The Balaban J connectivity index is 1.46. The summed E-state index contributed by atoms with van der Waals surface area (Å²) in [6, 6.07) is 10.3. The van der Waals surface area contributed by atoms with Gasteiger partial charge in [-0.05, 0) is 93.2 Å². The third kappa shape index (κ3) is 4.47. The number of amides is 1. The number of primary amides is 1. The number of fused-ring (bicyclic) bond motifs is 3. The summed E-state index contributed by atoms with van der Waals surface area (Å²) >= 11 is 0. The second-order valence-corrected chi connectivity index (χ2v) is 12.5. The van der Waals surface area contributed by atoms with Crippen LogP contribution in [0.25, 0.3) is 16.9 Å². The third-order valence-electron chi connectivity index (χ3n) is 9.70. The van der Waals surface area contributed by atoms with Gasteiger partial charge < -0.3 is 26.2 Å². The van der Waals surface area contributed by atoms with Crippen LogP contribution in [0.15, 0.2) is 53.3 Å². The molecule has 0 radical (unpaired) electrons. The first-order valence-electron chi connectivity index (χ1n) is 14.8. The van der Waals surface area contributed by atoms with Crippen molar-refractivity contribution in [3.63, 3.8) is 0 Å². The number of aliphatic hydroxyl groups is 3. The minimum absolute atomic E-state index is 0.0514. The molecule has 1 heterocycles. The highest BCUT2D eigenvalue weighted by Gasteiger charge is 2.64. The number of rotatable bonds is 5. The number of aliphatic hydroxyl groups excluding tert-OH is 2. The van der Waals surface area contributed by atoms with Gasteiger partial charge in [-0.1, -0.05) is 30.7 Å². The van der Waals surface area contributed by atoms with Crippen LogP contribution in [0.2, 0.25) is 0 Å². The van der Waals surface area contributed by atoms with Crippen molar-refractivity contribution in [1.82, 2.24) is 9.80 Å². The molecule has 4 aliphatic rings. The van der Waals surface area contributed by atoms with Crippen LogP contribution in [-0.4, -0.2) is 86.5 Å². The Labute approximate surface area is 249 Å². The van der Waals surface area contributed by atoms with Crippen molar-refractivity contribution >= 4 is 23.2 Å². The fourth-order valence-corrected chi connectivity index (χ4v) is 7.73. The molecular formula is C33H37N3O7. The summed E-state index contributed by atoms with van der Waals surface area (Å²) in [5, 5.41) is 45.3. The Bertz CT molecular complexity index is 1600. The van der Waals surface area contributed by atoms with Crippen LogP contribution >= 0.6 is 0 Å². The smallest absolute Gasteiger partial charge is 0.255 e. The Morgan fingerprint density at radius 3 is 2.47 bits per heavy atom. The number of nitrogens with two attached hydrogens (primary N) is 1. The SMILES string of the molecule is CN(C)[C@@H]1C(=O)C(C(N)=O)=C(O)[C@@]2(O)C(=O)C3=C(O)c4c(O)ccc(-c5cccc(CN6CCCCC6)c5)c4CC3CC12. The second kappa shape index (κ2) is 10.6. The Morgan fingerprint density at radius 2 is 1.79 bits per heavy atom. The van der Waals surface area contributed by atoms with Gasteiger partial charge in [-0.25, -0.2) is 0 Å². The molecule has 6 N–H and O–H groups in total. The van der Waals surface area contributed by atoms with Gasteiger partial charge in [0.15, 0.2) is 11.4 Å². The van der Waals surface area contributed by atoms with Gasteiger partial charge in [-0.2, -0.15) is 0 Å². The first-order chi connectivity index (χ1) is 20.4. The molecule has 1 aliphatic heterocycles. The number of carbonyl (C=O) groups is 3. The average Bonchev–Trinajstić information content (AvgIpc) is 2.95. The van der Waals surface area contributed by atoms with E-state index < -0.39 is 58.0 Å². The maximum atomic E-state index is 14.1. The number of carbonyl (C=O) groups excluding carboxylic acids is 3. The standard InChI is InChI=1S/C33H37N3O7/c1-35(2)27-22-15-19-14-21-20(18-8-6-7-17(13-18)16-36-11-4-3-5-12-36)9-10-23(37)25(21)28(38)24(19)30(40)33(22,43)31(41)26(29(27)39)32(34)42/h6-10,13,19,22,27,37-38,41,43H,3-5,11-12,14-16H2,1-2H3,(H2,34,42)/t19?,22?,27-,33-/m0/s1. The monoisotopic (exact) mass is 587 g/mol. The van der Waals surface area contributed by atoms with E-state index in [4.69, 9.17) is 5.73 Å². The number of phenolic OH excluding ortho intramolecular Hbond substituents is 1. The number of nitrogens with zero attached hydrogens (tertiary/aromatic N) is 2. The number of ketones is 2. The minimum atomic E-state index is -2.65. The molecule has 0 bridgehead atoms. The topological polar surface area (TPSA) is 165 Å². The first-order valence-corrected chi connectivity index (χ1v) is 14.8. The highest BCUT2D eigenvalue weighted by molar-refractivity contribution is 6.24. The van der Waals surface area contributed by atoms with Crippen molar-refractivity contribution < 1.29 is 34.8 Å². The van der Waals surface area contributed by atoms with Crippen molar-refractivity contribution in [2.75, 3.05) is 27.2 Å². The fraction of sp³-hybridized carbons (Fsp3) is 0.424. The summed E-state index contributed by atoms with van der Waals surface area (Å²) in [5.74, 6) is -6.58. The van der Waals surface area contributed by atoms with Gasteiger partial charge in [-0.15, -0.1) is 0 Å². The highest BCUT2D eigenvalue weighted by Crippen LogP contribution is 2.53. The molecule has 4 atom stereocenters. The number of benzene rings is 2. The van der Waals surface area contributed by atoms with Crippen LogP contribution in [0.3, 0.4) is 0 Å². The molecule has 2 aromatic rings. The van der Waals surface area contributed by atoms with Gasteiger partial charge in [0.1, 0.15) is 22.8 Å². The summed E-state index contributed by atoms with van der Waals surface area (Å²) in [4.78, 5) is 43.5. The number of piperidine rings is 1. The molecular weight excluding hydrogens is 550 g/mol. The van der Waals surface area contributed by atoms with Gasteiger partial charge in [0.05, 0.1) is 11.6 Å². The Kier molecular flexibility index (Phi) is 7.19. The van der Waals surface area contributed by atoms with Gasteiger partial charge in [0, 0.05) is 18.0 Å². The molecule has 2 aromatic carbocycles. The largest absolute Gasteiger partial charge is 0.508 e. The van der Waals surface area contributed by atoms with E-state index >= 15 is 0 Å². The third-order valence-corrected chi connectivity index (χ3v) is 9.70. The van der Waals surface area contributed by atoms with Crippen molar-refractivity contribution in [2.45, 2.75) is 50.3 Å². The minimum Gasteiger partial charge on any atom is -0.508 e. The van der Waals surface area contributed by atoms with Crippen molar-refractivity contribution in [1.29, 1.82) is 0 Å². The average molecular weight is 588 g/mol. The van der Waals surface area contributed by atoms with E-state index in [1.165, 1.54) is 30.2 Å². The number of Topliss-reactive ketones (excluding diaryl/α,β-unsaturated/α-hetero) is 2. The number of aromatic hydroxyl groups is 1. The van der Waals surface area contributed by atoms with Crippen LogP contribution in [-0.2, 0) is 27.3 Å². The molecule has 1 amide bonds. The van der Waals surface area contributed by atoms with Crippen LogP contribution in [0.5, 0.6) is 5.75 Å². The normalized spacial score (nSPS) is 27.7. The second-order valence-electron chi connectivity index (χ2n) is 12.5. The van der Waals surface area contributed by atoms with Gasteiger partial charge in [0.25, 0.3) is 5.91 Å². The van der Waals surface area contributed by atoms with E-state index in [9.17, 15) is 34.8 Å². The lowest BCUT2D eigenvalue weighted by Gasteiger charge is -2.50. The molecule has 1 saturated heterocycles. The number of hydrogen-bond acceptors (Lipinski definition) is 9. The predicted octanol–water partition coefficient (Wildman–Crippen LogP) is 2.62. The number of likely N-dealkylation sites (tertiary alicyclic amines) is 1. The molecule has 3 aliphatic carbocycles. The summed E-state index contributed by atoms with van der Waals surface area (Å²) < 4.78 is 0. The van der Waals surface area contributed by atoms with Gasteiger partial charge in [0.2, 0.25) is 5.78 Å². The van der Waals surface area contributed by atoms with E-state index in [-0.39, 0.29) is 29.7 Å². The molecule has 2 fully saturated rings. The van der Waals surface area contributed by atoms with Crippen LogP contribution in [0.1, 0.15) is 42.4 Å². The van der Waals surface area contributed by atoms with Crippen molar-refractivity contribution in [3.05, 3.63) is 70.0 Å². The predicted molar refractivity (Wildman–Crippen MR) is 159 cm³/mol. The Hall–Kier alpha value is -3.99. The zero-order chi connectivity index (χ0) is 30.8. The van der Waals surface area contributed by atoms with E-state index in [1.807, 2.05) is 12.1 Å². The molecule has 1 saturated carbocycles. The lowest BCUT2D eigenvalue weighted by atomic mass is 9.57.